The predicted octanol–water partition coefficient (Wildman–Crippen LogP) is 4.25. The number of carbonyl (C=O) groups excluding carboxylic acids is 1. The van der Waals surface area contributed by atoms with E-state index in [1.807, 2.05) is 62.4 Å². The molecule has 0 spiro atoms. The van der Waals surface area contributed by atoms with E-state index < -0.39 is 5.38 Å². The van der Waals surface area contributed by atoms with Crippen molar-refractivity contribution in [3.05, 3.63) is 65.2 Å². The Bertz CT molecular complexity index is 589. The first-order valence-electron chi connectivity index (χ1n) is 6.55. The number of amides is 1. The van der Waals surface area contributed by atoms with Crippen LogP contribution in [0.1, 0.15) is 22.1 Å². The third-order valence-corrected chi connectivity index (χ3v) is 3.85. The molecule has 0 radical (unpaired) electrons. The second-order valence-electron chi connectivity index (χ2n) is 4.91. The minimum Gasteiger partial charge on any atom is -0.313 e. The minimum absolute atomic E-state index is 0.115. The van der Waals surface area contributed by atoms with Crippen molar-refractivity contribution in [2.24, 2.45) is 0 Å². The summed E-state index contributed by atoms with van der Waals surface area (Å²) in [5.74, 6) is -0.115. The van der Waals surface area contributed by atoms with Gasteiger partial charge in [0.15, 0.2) is 0 Å². The second kappa shape index (κ2) is 6.10. The molecule has 2 rings (SSSR count). The van der Waals surface area contributed by atoms with Crippen LogP contribution in [-0.4, -0.2) is 13.0 Å². The lowest BCUT2D eigenvalue weighted by molar-refractivity contribution is -0.118. The van der Waals surface area contributed by atoms with Crippen LogP contribution in [0.15, 0.2) is 48.5 Å². The van der Waals surface area contributed by atoms with E-state index in [2.05, 4.69) is 0 Å². The molecule has 0 saturated carbocycles. The fourth-order valence-corrected chi connectivity index (χ4v) is 2.67. The number of rotatable bonds is 3. The van der Waals surface area contributed by atoms with Gasteiger partial charge in [0.05, 0.1) is 0 Å². The first-order chi connectivity index (χ1) is 9.52. The molecular formula is C17H18ClNO. The standard InChI is InChI=1S/C17H18ClNO/c1-12-8-7-9-13(2)16(12)19(3)17(20)15(18)14-10-5-4-6-11-14/h4-11,15H,1-3H3/t15-/m1/s1. The number of carbonyl (C=O) groups is 1. The zero-order chi connectivity index (χ0) is 14.7. The van der Waals surface area contributed by atoms with Crippen LogP contribution in [0.2, 0.25) is 0 Å². The van der Waals surface area contributed by atoms with E-state index in [1.165, 1.54) is 0 Å². The molecule has 2 aromatic carbocycles. The van der Waals surface area contributed by atoms with Gasteiger partial charge in [-0.1, -0.05) is 48.5 Å². The molecule has 1 amide bonds. The molecular weight excluding hydrogens is 270 g/mol. The van der Waals surface area contributed by atoms with Crippen molar-refractivity contribution in [3.63, 3.8) is 0 Å². The number of alkyl halides is 1. The lowest BCUT2D eigenvalue weighted by Gasteiger charge is -2.24. The molecule has 0 aliphatic carbocycles. The van der Waals surface area contributed by atoms with Crippen LogP contribution in [-0.2, 0) is 4.79 Å². The molecule has 1 atom stereocenters. The third kappa shape index (κ3) is 2.86. The molecule has 0 N–H and O–H groups in total. The van der Waals surface area contributed by atoms with E-state index >= 15 is 0 Å². The number of hydrogen-bond acceptors (Lipinski definition) is 1. The Morgan fingerprint density at radius 3 is 2.10 bits per heavy atom. The molecule has 20 heavy (non-hydrogen) atoms. The van der Waals surface area contributed by atoms with Gasteiger partial charge in [-0.25, -0.2) is 0 Å². The van der Waals surface area contributed by atoms with Crippen molar-refractivity contribution >= 4 is 23.2 Å². The Labute approximate surface area is 125 Å². The van der Waals surface area contributed by atoms with E-state index in [0.29, 0.717) is 0 Å². The zero-order valence-corrected chi connectivity index (χ0v) is 12.7. The maximum atomic E-state index is 12.5. The normalized spacial score (nSPS) is 12.0. The number of hydrogen-bond donors (Lipinski definition) is 0. The molecule has 0 unspecified atom stereocenters. The molecule has 2 nitrogen and oxygen atoms in total. The van der Waals surface area contributed by atoms with Gasteiger partial charge in [-0.3, -0.25) is 4.79 Å². The van der Waals surface area contributed by atoms with E-state index in [0.717, 1.165) is 22.4 Å². The van der Waals surface area contributed by atoms with Gasteiger partial charge in [-0.05, 0) is 30.5 Å². The van der Waals surface area contributed by atoms with Crippen LogP contribution in [0.5, 0.6) is 0 Å². The monoisotopic (exact) mass is 287 g/mol. The smallest absolute Gasteiger partial charge is 0.249 e. The highest BCUT2D eigenvalue weighted by Gasteiger charge is 2.23. The van der Waals surface area contributed by atoms with E-state index in [1.54, 1.807) is 11.9 Å². The van der Waals surface area contributed by atoms with Crippen molar-refractivity contribution < 1.29 is 4.79 Å². The summed E-state index contributed by atoms with van der Waals surface area (Å²) in [6.45, 7) is 4.00. The number of anilines is 1. The van der Waals surface area contributed by atoms with E-state index in [9.17, 15) is 4.79 Å². The summed E-state index contributed by atoms with van der Waals surface area (Å²) >= 11 is 6.31. The Morgan fingerprint density at radius 2 is 1.55 bits per heavy atom. The van der Waals surface area contributed by atoms with Crippen LogP contribution in [0.25, 0.3) is 0 Å². The molecule has 2 aromatic rings. The average Bonchev–Trinajstić information content (AvgIpc) is 2.46. The lowest BCUT2D eigenvalue weighted by Crippen LogP contribution is -2.30. The molecule has 0 saturated heterocycles. The summed E-state index contributed by atoms with van der Waals surface area (Å²) < 4.78 is 0. The van der Waals surface area contributed by atoms with Crippen LogP contribution in [0.4, 0.5) is 5.69 Å². The van der Waals surface area contributed by atoms with Crippen LogP contribution in [0.3, 0.4) is 0 Å². The Balaban J connectivity index is 2.29. The quantitative estimate of drug-likeness (QED) is 0.773. The highest BCUT2D eigenvalue weighted by molar-refractivity contribution is 6.32. The minimum atomic E-state index is -0.666. The number of nitrogens with zero attached hydrogens (tertiary/aromatic N) is 1. The van der Waals surface area contributed by atoms with Gasteiger partial charge in [-0.2, -0.15) is 0 Å². The van der Waals surface area contributed by atoms with Crippen LogP contribution >= 0.6 is 11.6 Å². The summed E-state index contributed by atoms with van der Waals surface area (Å²) in [6.07, 6.45) is 0. The third-order valence-electron chi connectivity index (χ3n) is 3.41. The summed E-state index contributed by atoms with van der Waals surface area (Å²) in [4.78, 5) is 14.2. The second-order valence-corrected chi connectivity index (χ2v) is 5.35. The molecule has 0 bridgehead atoms. The molecule has 0 aromatic heterocycles. The van der Waals surface area contributed by atoms with Crippen molar-refractivity contribution in [2.45, 2.75) is 19.2 Å². The molecule has 0 aliphatic rings. The first-order valence-corrected chi connectivity index (χ1v) is 6.99. The van der Waals surface area contributed by atoms with Gasteiger partial charge >= 0.3 is 0 Å². The van der Waals surface area contributed by atoms with Gasteiger partial charge in [0.2, 0.25) is 5.91 Å². The van der Waals surface area contributed by atoms with Gasteiger partial charge in [0.25, 0.3) is 0 Å². The number of para-hydroxylation sites is 1. The van der Waals surface area contributed by atoms with Gasteiger partial charge in [0, 0.05) is 12.7 Å². The topological polar surface area (TPSA) is 20.3 Å². The van der Waals surface area contributed by atoms with Gasteiger partial charge in [-0.15, -0.1) is 11.6 Å². The molecule has 3 heteroatoms. The van der Waals surface area contributed by atoms with Crippen molar-refractivity contribution in [2.75, 3.05) is 11.9 Å². The molecule has 0 fully saturated rings. The van der Waals surface area contributed by atoms with Crippen molar-refractivity contribution in [3.8, 4) is 0 Å². The fourth-order valence-electron chi connectivity index (χ4n) is 2.38. The SMILES string of the molecule is Cc1cccc(C)c1N(C)C(=O)[C@H](Cl)c1ccccc1. The highest BCUT2D eigenvalue weighted by Crippen LogP contribution is 2.29. The maximum absolute atomic E-state index is 12.5. The molecule has 0 aliphatic heterocycles. The molecule has 104 valence electrons. The Hall–Kier alpha value is -1.80. The Kier molecular flexibility index (Phi) is 4.46. The van der Waals surface area contributed by atoms with Crippen LogP contribution in [0, 0.1) is 13.8 Å². The lowest BCUT2D eigenvalue weighted by atomic mass is 10.1. The predicted molar refractivity (Wildman–Crippen MR) is 84.4 cm³/mol. The zero-order valence-electron chi connectivity index (χ0n) is 11.9. The van der Waals surface area contributed by atoms with E-state index in [4.69, 9.17) is 11.6 Å². The van der Waals surface area contributed by atoms with Crippen LogP contribution < -0.4 is 4.90 Å². The number of benzene rings is 2. The number of likely N-dealkylation sites (N-methyl/N-ethyl adjacent to an activating group) is 1. The van der Waals surface area contributed by atoms with Crippen molar-refractivity contribution in [1.29, 1.82) is 0 Å². The summed E-state index contributed by atoms with van der Waals surface area (Å²) in [7, 11) is 1.77. The summed E-state index contributed by atoms with van der Waals surface area (Å²) in [5.41, 5.74) is 3.88. The number of halogens is 1. The summed E-state index contributed by atoms with van der Waals surface area (Å²) in [6, 6.07) is 15.4. The summed E-state index contributed by atoms with van der Waals surface area (Å²) in [5, 5.41) is -0.666. The van der Waals surface area contributed by atoms with Gasteiger partial charge in [0.1, 0.15) is 5.38 Å². The van der Waals surface area contributed by atoms with Crippen molar-refractivity contribution in [1.82, 2.24) is 0 Å². The largest absolute Gasteiger partial charge is 0.313 e. The highest BCUT2D eigenvalue weighted by atomic mass is 35.5. The average molecular weight is 288 g/mol. The first kappa shape index (κ1) is 14.6. The number of aryl methyl sites for hydroxylation is 2. The van der Waals surface area contributed by atoms with Gasteiger partial charge < -0.3 is 4.90 Å². The fraction of sp³-hybridized carbons (Fsp3) is 0.235. The molecule has 0 heterocycles. The maximum Gasteiger partial charge on any atom is 0.249 e. The van der Waals surface area contributed by atoms with E-state index in [-0.39, 0.29) is 5.91 Å². The Morgan fingerprint density at radius 1 is 1.00 bits per heavy atom.